The van der Waals surface area contributed by atoms with Crippen LogP contribution in [0, 0.1) is 0 Å². The van der Waals surface area contributed by atoms with Crippen LogP contribution in [0.1, 0.15) is 10.4 Å². The van der Waals surface area contributed by atoms with E-state index in [9.17, 15) is 18.3 Å². The van der Waals surface area contributed by atoms with Crippen molar-refractivity contribution in [2.45, 2.75) is 4.90 Å². The van der Waals surface area contributed by atoms with Gasteiger partial charge in [0.05, 0.1) is 30.4 Å². The van der Waals surface area contributed by atoms with E-state index in [4.69, 9.17) is 9.47 Å². The van der Waals surface area contributed by atoms with Crippen LogP contribution in [0.25, 0.3) is 0 Å². The first-order valence-electron chi connectivity index (χ1n) is 6.46. The van der Waals surface area contributed by atoms with Crippen LogP contribution in [0.4, 0.5) is 5.69 Å². The fourth-order valence-corrected chi connectivity index (χ4v) is 3.04. The number of methoxy groups -OCH3 is 2. The van der Waals surface area contributed by atoms with E-state index < -0.39 is 16.0 Å². The summed E-state index contributed by atoms with van der Waals surface area (Å²) in [5.74, 6) is -0.896. The molecule has 0 aliphatic carbocycles. The van der Waals surface area contributed by atoms with Crippen molar-refractivity contribution < 1.29 is 27.8 Å². The minimum absolute atomic E-state index is 0.0196. The number of ether oxygens (including phenoxy) is 2. The Morgan fingerprint density at radius 3 is 2.13 bits per heavy atom. The average Bonchev–Trinajstić information content (AvgIpc) is 2.54. The number of carboxylic acid groups (broad SMARTS) is 1. The molecule has 0 atom stereocenters. The molecule has 0 saturated carbocycles. The third kappa shape index (κ3) is 3.54. The highest BCUT2D eigenvalue weighted by Gasteiger charge is 2.21. The van der Waals surface area contributed by atoms with Crippen molar-refractivity contribution in [3.05, 3.63) is 48.0 Å². The van der Waals surface area contributed by atoms with Gasteiger partial charge >= 0.3 is 5.97 Å². The van der Waals surface area contributed by atoms with E-state index in [0.717, 1.165) is 0 Å². The molecule has 2 aromatic rings. The lowest BCUT2D eigenvalue weighted by molar-refractivity contribution is 0.0697. The number of carbonyl (C=O) groups is 1. The summed E-state index contributed by atoms with van der Waals surface area (Å²) >= 11 is 0. The number of carboxylic acids is 1. The average molecular weight is 337 g/mol. The Bertz CT molecular complexity index is 817. The molecule has 8 heteroatoms. The van der Waals surface area contributed by atoms with Gasteiger partial charge in [0.2, 0.25) is 0 Å². The van der Waals surface area contributed by atoms with Crippen molar-refractivity contribution in [3.63, 3.8) is 0 Å². The van der Waals surface area contributed by atoms with Gasteiger partial charge in [0.25, 0.3) is 10.0 Å². The molecule has 0 spiro atoms. The Morgan fingerprint density at radius 2 is 1.61 bits per heavy atom. The second kappa shape index (κ2) is 6.57. The van der Waals surface area contributed by atoms with Crippen molar-refractivity contribution >= 4 is 21.7 Å². The second-order valence-electron chi connectivity index (χ2n) is 4.48. The molecule has 2 N–H and O–H groups in total. The third-order valence-electron chi connectivity index (χ3n) is 3.05. The number of hydrogen-bond donors (Lipinski definition) is 2. The molecule has 0 fully saturated rings. The van der Waals surface area contributed by atoms with Gasteiger partial charge < -0.3 is 14.6 Å². The number of sulfonamides is 1. The summed E-state index contributed by atoms with van der Waals surface area (Å²) in [4.78, 5) is 11.4. The van der Waals surface area contributed by atoms with Crippen LogP contribution in [0.5, 0.6) is 11.5 Å². The van der Waals surface area contributed by atoms with E-state index in [1.54, 1.807) is 18.2 Å². The highest BCUT2D eigenvalue weighted by molar-refractivity contribution is 7.92. The van der Waals surface area contributed by atoms with Crippen LogP contribution < -0.4 is 14.2 Å². The van der Waals surface area contributed by atoms with Gasteiger partial charge in [-0.15, -0.1) is 0 Å². The molecule has 7 nitrogen and oxygen atoms in total. The fourth-order valence-electron chi connectivity index (χ4n) is 1.94. The molecule has 0 radical (unpaired) electrons. The van der Waals surface area contributed by atoms with Crippen molar-refractivity contribution in [2.75, 3.05) is 18.9 Å². The van der Waals surface area contributed by atoms with Crippen LogP contribution in [-0.2, 0) is 10.0 Å². The molecule has 0 amide bonds. The molecule has 2 aromatic carbocycles. The van der Waals surface area contributed by atoms with Crippen LogP contribution in [0.3, 0.4) is 0 Å². The molecule has 23 heavy (non-hydrogen) atoms. The zero-order chi connectivity index (χ0) is 17.0. The molecular weight excluding hydrogens is 322 g/mol. The van der Waals surface area contributed by atoms with Gasteiger partial charge in [-0.2, -0.15) is 0 Å². The quantitative estimate of drug-likeness (QED) is 0.838. The topological polar surface area (TPSA) is 102 Å². The predicted molar refractivity (Wildman–Crippen MR) is 83.8 cm³/mol. The summed E-state index contributed by atoms with van der Waals surface area (Å²) in [6.45, 7) is 0. The molecule has 0 aliphatic rings. The standard InChI is InChI=1S/C15H15NO6S/c1-21-13-8-11(15(17)18)12(9-14(13)22-2)16-23(19,20)10-6-4-3-5-7-10/h3-9,16H,1-2H3,(H,17,18). The van der Waals surface area contributed by atoms with Crippen molar-refractivity contribution in [2.24, 2.45) is 0 Å². The van der Waals surface area contributed by atoms with Gasteiger partial charge in [-0.25, -0.2) is 13.2 Å². The molecule has 0 bridgehead atoms. The third-order valence-corrected chi connectivity index (χ3v) is 4.43. The van der Waals surface area contributed by atoms with Gasteiger partial charge in [0, 0.05) is 12.1 Å². The van der Waals surface area contributed by atoms with Crippen LogP contribution in [-0.4, -0.2) is 33.7 Å². The number of nitrogens with one attached hydrogen (secondary N) is 1. The van der Waals surface area contributed by atoms with E-state index in [-0.39, 0.29) is 27.6 Å². The molecule has 0 aromatic heterocycles. The molecule has 122 valence electrons. The monoisotopic (exact) mass is 337 g/mol. The zero-order valence-electron chi connectivity index (χ0n) is 12.4. The summed E-state index contributed by atoms with van der Waals surface area (Å²) in [6.07, 6.45) is 0. The first kappa shape index (κ1) is 16.6. The largest absolute Gasteiger partial charge is 0.493 e. The van der Waals surface area contributed by atoms with Crippen LogP contribution in [0.15, 0.2) is 47.4 Å². The summed E-state index contributed by atoms with van der Waals surface area (Å²) in [5.41, 5.74) is -0.360. The number of hydrogen-bond acceptors (Lipinski definition) is 5. The highest BCUT2D eigenvalue weighted by atomic mass is 32.2. The lowest BCUT2D eigenvalue weighted by Crippen LogP contribution is -2.16. The Hall–Kier alpha value is -2.74. The maximum absolute atomic E-state index is 12.4. The van der Waals surface area contributed by atoms with E-state index in [0.29, 0.717) is 0 Å². The van der Waals surface area contributed by atoms with Crippen molar-refractivity contribution in [3.8, 4) is 11.5 Å². The molecule has 0 heterocycles. The Labute approximate surface area is 133 Å². The predicted octanol–water partition coefficient (Wildman–Crippen LogP) is 2.20. The first-order chi connectivity index (χ1) is 10.9. The first-order valence-corrected chi connectivity index (χ1v) is 7.94. The lowest BCUT2D eigenvalue weighted by atomic mass is 10.1. The van der Waals surface area contributed by atoms with Crippen LogP contribution in [0.2, 0.25) is 0 Å². The fraction of sp³-hybridized carbons (Fsp3) is 0.133. The summed E-state index contributed by atoms with van der Waals surface area (Å²) < 4.78 is 37.1. The Kier molecular flexibility index (Phi) is 4.75. The van der Waals surface area contributed by atoms with Gasteiger partial charge in [0.15, 0.2) is 11.5 Å². The number of aromatic carboxylic acids is 1. The van der Waals surface area contributed by atoms with Gasteiger partial charge in [0.1, 0.15) is 0 Å². The van der Waals surface area contributed by atoms with E-state index in [1.165, 1.54) is 38.5 Å². The van der Waals surface area contributed by atoms with Crippen LogP contribution >= 0.6 is 0 Å². The van der Waals surface area contributed by atoms with Gasteiger partial charge in [-0.1, -0.05) is 18.2 Å². The summed E-state index contributed by atoms with van der Waals surface area (Å²) in [7, 11) is -1.20. The minimum atomic E-state index is -3.92. The molecule has 0 aliphatic heterocycles. The lowest BCUT2D eigenvalue weighted by Gasteiger charge is -2.14. The number of anilines is 1. The molecule has 0 unspecified atom stereocenters. The Balaban J connectivity index is 2.52. The van der Waals surface area contributed by atoms with Crippen molar-refractivity contribution in [1.82, 2.24) is 0 Å². The minimum Gasteiger partial charge on any atom is -0.493 e. The van der Waals surface area contributed by atoms with E-state index >= 15 is 0 Å². The summed E-state index contributed by atoms with van der Waals surface area (Å²) in [5, 5.41) is 9.29. The highest BCUT2D eigenvalue weighted by Crippen LogP contribution is 2.34. The number of benzene rings is 2. The van der Waals surface area contributed by atoms with Gasteiger partial charge in [-0.05, 0) is 12.1 Å². The van der Waals surface area contributed by atoms with Crippen molar-refractivity contribution in [1.29, 1.82) is 0 Å². The van der Waals surface area contributed by atoms with E-state index in [1.807, 2.05) is 0 Å². The SMILES string of the molecule is COc1cc(NS(=O)(=O)c2ccccc2)c(C(=O)O)cc1OC. The normalized spacial score (nSPS) is 10.9. The molecule has 2 rings (SSSR count). The maximum Gasteiger partial charge on any atom is 0.337 e. The molecule has 0 saturated heterocycles. The Morgan fingerprint density at radius 1 is 1.04 bits per heavy atom. The maximum atomic E-state index is 12.4. The number of rotatable bonds is 6. The van der Waals surface area contributed by atoms with E-state index in [2.05, 4.69) is 4.72 Å². The molecular formula is C15H15NO6S. The summed E-state index contributed by atoms with van der Waals surface area (Å²) in [6, 6.07) is 10.1. The smallest absolute Gasteiger partial charge is 0.337 e. The zero-order valence-corrected chi connectivity index (χ0v) is 13.3. The second-order valence-corrected chi connectivity index (χ2v) is 6.16. The van der Waals surface area contributed by atoms with Gasteiger partial charge in [-0.3, -0.25) is 4.72 Å².